The van der Waals surface area contributed by atoms with Crippen LogP contribution in [0.1, 0.15) is 24.2 Å². The highest BCUT2D eigenvalue weighted by atomic mass is 79.9. The Balaban J connectivity index is 2.18. The molecule has 1 fully saturated rings. The number of nitrogens with zero attached hydrogens (tertiary/aromatic N) is 1. The zero-order chi connectivity index (χ0) is 13.3. The molecule has 0 atom stereocenters. The van der Waals surface area contributed by atoms with Gasteiger partial charge in [0.05, 0.1) is 5.02 Å². The van der Waals surface area contributed by atoms with Crippen LogP contribution in [-0.2, 0) is 0 Å². The summed E-state index contributed by atoms with van der Waals surface area (Å²) in [5.74, 6) is 0.0574. The lowest BCUT2D eigenvalue weighted by Gasteiger charge is -2.39. The molecule has 2 rings (SSSR count). The summed E-state index contributed by atoms with van der Waals surface area (Å²) >= 11 is 9.28. The van der Waals surface area contributed by atoms with Crippen LogP contribution in [-0.4, -0.2) is 36.0 Å². The van der Waals surface area contributed by atoms with E-state index in [1.165, 1.54) is 0 Å². The van der Waals surface area contributed by atoms with E-state index in [-0.39, 0.29) is 11.4 Å². The van der Waals surface area contributed by atoms with Crippen LogP contribution < -0.4 is 5.32 Å². The van der Waals surface area contributed by atoms with Gasteiger partial charge >= 0.3 is 0 Å². The third-order valence-electron chi connectivity index (χ3n) is 3.03. The summed E-state index contributed by atoms with van der Waals surface area (Å²) in [7, 11) is 0. The van der Waals surface area contributed by atoms with Crippen LogP contribution in [0.4, 0.5) is 0 Å². The van der Waals surface area contributed by atoms with Gasteiger partial charge in [-0.2, -0.15) is 0 Å². The Hall–Kier alpha value is -0.580. The molecule has 1 aromatic carbocycles. The van der Waals surface area contributed by atoms with Crippen LogP contribution in [0.25, 0.3) is 0 Å². The van der Waals surface area contributed by atoms with Crippen molar-refractivity contribution in [1.82, 2.24) is 10.2 Å². The Morgan fingerprint density at radius 2 is 2.22 bits per heavy atom. The largest absolute Gasteiger partial charge is 0.336 e. The minimum Gasteiger partial charge on any atom is -0.336 e. The Bertz CT molecular complexity index is 476. The van der Waals surface area contributed by atoms with Crippen LogP contribution in [0.3, 0.4) is 0 Å². The maximum Gasteiger partial charge on any atom is 0.254 e. The van der Waals surface area contributed by atoms with Crippen molar-refractivity contribution in [2.45, 2.75) is 19.4 Å². The Morgan fingerprint density at radius 1 is 1.50 bits per heavy atom. The fourth-order valence-electron chi connectivity index (χ4n) is 2.13. The molecule has 1 aromatic rings. The molecule has 0 saturated carbocycles. The number of hydrogen-bond donors (Lipinski definition) is 1. The summed E-state index contributed by atoms with van der Waals surface area (Å²) in [6, 6.07) is 5.29. The maximum atomic E-state index is 12.4. The van der Waals surface area contributed by atoms with Crippen molar-refractivity contribution in [3.8, 4) is 0 Å². The first-order valence-corrected chi connectivity index (χ1v) is 7.05. The predicted octanol–water partition coefficient (Wildman–Crippen LogP) is 2.93. The highest BCUT2D eigenvalue weighted by Gasteiger charge is 2.29. The SMILES string of the molecule is CC1(C)CN(C(=O)c2ccc(Cl)c(Br)c2)CCN1. The number of piperazine rings is 1. The number of hydrogen-bond acceptors (Lipinski definition) is 2. The van der Waals surface area contributed by atoms with Gasteiger partial charge in [0, 0.05) is 35.2 Å². The molecule has 1 aliphatic rings. The van der Waals surface area contributed by atoms with Crippen LogP contribution in [0.2, 0.25) is 5.02 Å². The molecule has 1 saturated heterocycles. The molecule has 0 radical (unpaired) electrons. The smallest absolute Gasteiger partial charge is 0.254 e. The summed E-state index contributed by atoms with van der Waals surface area (Å²) in [5, 5.41) is 4.01. The Morgan fingerprint density at radius 3 is 2.83 bits per heavy atom. The Labute approximate surface area is 121 Å². The van der Waals surface area contributed by atoms with Crippen molar-refractivity contribution in [2.75, 3.05) is 19.6 Å². The third-order valence-corrected chi connectivity index (χ3v) is 4.24. The molecule has 1 aliphatic heterocycles. The van der Waals surface area contributed by atoms with Crippen LogP contribution in [0.5, 0.6) is 0 Å². The molecule has 5 heteroatoms. The van der Waals surface area contributed by atoms with Gasteiger partial charge in [-0.05, 0) is 48.0 Å². The van der Waals surface area contributed by atoms with Crippen LogP contribution in [0, 0.1) is 0 Å². The van der Waals surface area contributed by atoms with Crippen molar-refractivity contribution in [3.05, 3.63) is 33.3 Å². The van der Waals surface area contributed by atoms with E-state index in [2.05, 4.69) is 35.1 Å². The van der Waals surface area contributed by atoms with Gasteiger partial charge in [-0.1, -0.05) is 11.6 Å². The summed E-state index contributed by atoms with van der Waals surface area (Å²) in [5.41, 5.74) is 0.640. The van der Waals surface area contributed by atoms with Gasteiger partial charge < -0.3 is 10.2 Å². The molecule has 0 bridgehead atoms. The molecule has 0 unspecified atom stereocenters. The van der Waals surface area contributed by atoms with Crippen molar-refractivity contribution in [1.29, 1.82) is 0 Å². The molecule has 0 spiro atoms. The van der Waals surface area contributed by atoms with E-state index >= 15 is 0 Å². The van der Waals surface area contributed by atoms with E-state index in [1.54, 1.807) is 18.2 Å². The van der Waals surface area contributed by atoms with Gasteiger partial charge in [-0.3, -0.25) is 4.79 Å². The number of benzene rings is 1. The highest BCUT2D eigenvalue weighted by Crippen LogP contribution is 2.24. The molecule has 1 amide bonds. The van der Waals surface area contributed by atoms with Crippen molar-refractivity contribution >= 4 is 33.4 Å². The van der Waals surface area contributed by atoms with Crippen molar-refractivity contribution in [3.63, 3.8) is 0 Å². The summed E-state index contributed by atoms with van der Waals surface area (Å²) < 4.78 is 0.754. The lowest BCUT2D eigenvalue weighted by molar-refractivity contribution is 0.0652. The normalized spacial score (nSPS) is 18.8. The van der Waals surface area contributed by atoms with E-state index in [0.29, 0.717) is 17.1 Å². The van der Waals surface area contributed by atoms with Crippen LogP contribution in [0.15, 0.2) is 22.7 Å². The third kappa shape index (κ3) is 3.05. The lowest BCUT2D eigenvalue weighted by Crippen LogP contribution is -2.58. The molecule has 3 nitrogen and oxygen atoms in total. The first-order valence-electron chi connectivity index (χ1n) is 5.88. The maximum absolute atomic E-state index is 12.4. The molecular weight excluding hydrogens is 316 g/mol. The minimum absolute atomic E-state index is 0.0302. The van der Waals surface area contributed by atoms with E-state index in [4.69, 9.17) is 11.6 Å². The fourth-order valence-corrected chi connectivity index (χ4v) is 2.62. The van der Waals surface area contributed by atoms with E-state index in [0.717, 1.165) is 17.6 Å². The van der Waals surface area contributed by atoms with Crippen LogP contribution >= 0.6 is 27.5 Å². The predicted molar refractivity (Wildman–Crippen MR) is 77.1 cm³/mol. The average molecular weight is 332 g/mol. The fraction of sp³-hybridized carbons (Fsp3) is 0.462. The van der Waals surface area contributed by atoms with Gasteiger partial charge in [-0.15, -0.1) is 0 Å². The van der Waals surface area contributed by atoms with Gasteiger partial charge in [0.2, 0.25) is 0 Å². The second kappa shape index (κ2) is 5.19. The zero-order valence-corrected chi connectivity index (χ0v) is 12.8. The van der Waals surface area contributed by atoms with E-state index in [1.807, 2.05) is 4.90 Å². The number of nitrogens with one attached hydrogen (secondary N) is 1. The summed E-state index contributed by atoms with van der Waals surface area (Å²) in [6.45, 7) is 6.48. The monoisotopic (exact) mass is 330 g/mol. The molecule has 18 heavy (non-hydrogen) atoms. The van der Waals surface area contributed by atoms with Crippen molar-refractivity contribution < 1.29 is 4.79 Å². The topological polar surface area (TPSA) is 32.3 Å². The molecule has 1 heterocycles. The second-order valence-corrected chi connectivity index (χ2v) is 6.43. The second-order valence-electron chi connectivity index (χ2n) is 5.17. The van der Waals surface area contributed by atoms with E-state index in [9.17, 15) is 4.79 Å². The molecular formula is C13H16BrClN2O. The zero-order valence-electron chi connectivity index (χ0n) is 10.5. The number of halogens is 2. The first kappa shape index (κ1) is 13.8. The standard InChI is InChI=1S/C13H16BrClN2O/c1-13(2)8-17(6-5-16-13)12(18)9-3-4-11(15)10(14)7-9/h3-4,7,16H,5-6,8H2,1-2H3. The highest BCUT2D eigenvalue weighted by molar-refractivity contribution is 9.10. The molecule has 98 valence electrons. The quantitative estimate of drug-likeness (QED) is 0.858. The molecule has 0 aromatic heterocycles. The van der Waals surface area contributed by atoms with Gasteiger partial charge in [0.25, 0.3) is 5.91 Å². The number of amides is 1. The average Bonchev–Trinajstić information content (AvgIpc) is 2.30. The molecule has 1 N–H and O–H groups in total. The van der Waals surface area contributed by atoms with Gasteiger partial charge in [0.1, 0.15) is 0 Å². The van der Waals surface area contributed by atoms with Crippen molar-refractivity contribution in [2.24, 2.45) is 0 Å². The minimum atomic E-state index is -0.0302. The van der Waals surface area contributed by atoms with Gasteiger partial charge in [-0.25, -0.2) is 0 Å². The summed E-state index contributed by atoms with van der Waals surface area (Å²) in [6.07, 6.45) is 0. The number of rotatable bonds is 1. The van der Waals surface area contributed by atoms with E-state index < -0.39 is 0 Å². The lowest BCUT2D eigenvalue weighted by atomic mass is 10.0. The molecule has 0 aliphatic carbocycles. The van der Waals surface area contributed by atoms with Gasteiger partial charge in [0.15, 0.2) is 0 Å². The number of carbonyl (C=O) groups excluding carboxylic acids is 1. The summed E-state index contributed by atoms with van der Waals surface area (Å²) in [4.78, 5) is 14.3. The number of carbonyl (C=O) groups is 1. The Kier molecular flexibility index (Phi) is 3.99. The first-order chi connectivity index (χ1) is 8.39.